The second-order valence-electron chi connectivity index (χ2n) is 4.87. The zero-order chi connectivity index (χ0) is 14.0. The van der Waals surface area contributed by atoms with E-state index in [-0.39, 0.29) is 0 Å². The number of aryl methyl sites for hydroxylation is 1. The van der Waals surface area contributed by atoms with Gasteiger partial charge in [-0.1, -0.05) is 49.4 Å². The van der Waals surface area contributed by atoms with Crippen molar-refractivity contribution in [3.8, 4) is 0 Å². The Morgan fingerprint density at radius 3 is 2.55 bits per heavy atom. The summed E-state index contributed by atoms with van der Waals surface area (Å²) >= 11 is 1.96. The Balaban J connectivity index is 1.73. The average molecular weight is 285 g/mol. The maximum Gasteiger partial charge on any atom is 0.0205 e. The van der Waals surface area contributed by atoms with E-state index in [1.165, 1.54) is 34.6 Å². The summed E-state index contributed by atoms with van der Waals surface area (Å²) < 4.78 is 0. The summed E-state index contributed by atoms with van der Waals surface area (Å²) in [5, 5.41) is 3.37. The van der Waals surface area contributed by atoms with Gasteiger partial charge in [0.15, 0.2) is 0 Å². The first-order valence-corrected chi connectivity index (χ1v) is 8.33. The van der Waals surface area contributed by atoms with Crippen LogP contribution in [0, 0.1) is 0 Å². The monoisotopic (exact) mass is 285 g/mol. The molecule has 1 N–H and O–H groups in total. The molecule has 0 aliphatic rings. The molecule has 0 aliphatic heterocycles. The van der Waals surface area contributed by atoms with Gasteiger partial charge in [-0.2, -0.15) is 0 Å². The first-order chi connectivity index (χ1) is 9.88. The minimum absolute atomic E-state index is 0.967. The highest BCUT2D eigenvalue weighted by molar-refractivity contribution is 7.99. The molecule has 0 saturated carbocycles. The van der Waals surface area contributed by atoms with Crippen molar-refractivity contribution in [2.24, 2.45) is 0 Å². The summed E-state index contributed by atoms with van der Waals surface area (Å²) in [6, 6.07) is 19.6. The second kappa shape index (κ2) is 8.83. The number of rotatable bonds is 8. The first kappa shape index (κ1) is 15.1. The highest BCUT2D eigenvalue weighted by atomic mass is 32.2. The van der Waals surface area contributed by atoms with Crippen molar-refractivity contribution < 1.29 is 0 Å². The molecule has 0 amide bonds. The number of hydrogen-bond donors (Lipinski definition) is 1. The van der Waals surface area contributed by atoms with E-state index in [0.717, 1.165) is 13.1 Å². The Morgan fingerprint density at radius 2 is 1.75 bits per heavy atom. The number of hydrogen-bond acceptors (Lipinski definition) is 2. The lowest BCUT2D eigenvalue weighted by atomic mass is 10.1. The van der Waals surface area contributed by atoms with Crippen LogP contribution >= 0.6 is 11.8 Å². The maximum absolute atomic E-state index is 3.37. The molecule has 2 heteroatoms. The van der Waals surface area contributed by atoms with Crippen LogP contribution in [0.3, 0.4) is 0 Å². The Morgan fingerprint density at radius 1 is 0.950 bits per heavy atom. The molecular formula is C18H23NS. The van der Waals surface area contributed by atoms with Gasteiger partial charge in [0.2, 0.25) is 0 Å². The molecule has 2 aromatic carbocycles. The molecule has 2 rings (SSSR count). The number of thioether (sulfide) groups is 1. The summed E-state index contributed by atoms with van der Waals surface area (Å²) in [5.41, 5.74) is 2.81. The second-order valence-corrected chi connectivity index (χ2v) is 6.03. The molecule has 106 valence electrons. The van der Waals surface area contributed by atoms with Gasteiger partial charge in [0, 0.05) is 11.4 Å². The van der Waals surface area contributed by atoms with Crippen LogP contribution in [-0.2, 0) is 13.0 Å². The van der Waals surface area contributed by atoms with Crippen molar-refractivity contribution in [2.75, 3.05) is 12.3 Å². The summed E-state index contributed by atoms with van der Waals surface area (Å²) in [7, 11) is 0. The Kier molecular flexibility index (Phi) is 6.69. The fraction of sp³-hybridized carbons (Fsp3) is 0.333. The Bertz CT molecular complexity index is 496. The molecule has 20 heavy (non-hydrogen) atoms. The van der Waals surface area contributed by atoms with E-state index in [1.807, 2.05) is 11.8 Å². The minimum Gasteiger partial charge on any atom is -0.313 e. The molecule has 0 spiro atoms. The molecule has 0 aromatic heterocycles. The topological polar surface area (TPSA) is 12.0 Å². The summed E-state index contributed by atoms with van der Waals surface area (Å²) in [4.78, 5) is 1.38. The van der Waals surface area contributed by atoms with E-state index in [4.69, 9.17) is 0 Å². The van der Waals surface area contributed by atoms with E-state index in [2.05, 4.69) is 66.8 Å². The van der Waals surface area contributed by atoms with Gasteiger partial charge in [0.05, 0.1) is 0 Å². The van der Waals surface area contributed by atoms with Crippen LogP contribution in [-0.4, -0.2) is 12.3 Å². The van der Waals surface area contributed by atoms with Gasteiger partial charge in [0.1, 0.15) is 0 Å². The van der Waals surface area contributed by atoms with Crippen molar-refractivity contribution in [1.82, 2.24) is 5.32 Å². The molecule has 0 bridgehead atoms. The minimum atomic E-state index is 0.967. The third-order valence-electron chi connectivity index (χ3n) is 3.20. The summed E-state index contributed by atoms with van der Waals surface area (Å²) in [6.45, 7) is 4.13. The largest absolute Gasteiger partial charge is 0.313 e. The molecule has 0 aliphatic carbocycles. The van der Waals surface area contributed by atoms with Gasteiger partial charge >= 0.3 is 0 Å². The molecule has 2 aromatic rings. The van der Waals surface area contributed by atoms with E-state index in [0.29, 0.717) is 0 Å². The molecule has 0 unspecified atom stereocenters. The van der Waals surface area contributed by atoms with E-state index in [1.54, 1.807) is 0 Å². The van der Waals surface area contributed by atoms with Crippen molar-refractivity contribution in [3.63, 3.8) is 0 Å². The number of nitrogens with one attached hydrogen (secondary N) is 1. The summed E-state index contributed by atoms with van der Waals surface area (Å²) in [5.74, 6) is 1.18. The lowest BCUT2D eigenvalue weighted by Crippen LogP contribution is -2.11. The lowest BCUT2D eigenvalue weighted by molar-refractivity contribution is 0.725. The molecule has 0 radical (unpaired) electrons. The molecule has 0 saturated heterocycles. The van der Waals surface area contributed by atoms with E-state index < -0.39 is 0 Å². The van der Waals surface area contributed by atoms with Crippen LogP contribution in [0.4, 0.5) is 0 Å². The van der Waals surface area contributed by atoms with Gasteiger partial charge in [-0.15, -0.1) is 11.8 Å². The lowest BCUT2D eigenvalue weighted by Gasteiger charge is -2.06. The van der Waals surface area contributed by atoms with Gasteiger partial charge < -0.3 is 5.32 Å². The van der Waals surface area contributed by atoms with Gasteiger partial charge in [-0.25, -0.2) is 0 Å². The number of benzene rings is 2. The first-order valence-electron chi connectivity index (χ1n) is 7.35. The predicted molar refractivity (Wildman–Crippen MR) is 89.3 cm³/mol. The van der Waals surface area contributed by atoms with Crippen LogP contribution in [0.2, 0.25) is 0 Å². The van der Waals surface area contributed by atoms with Crippen molar-refractivity contribution >= 4 is 11.8 Å². The molecule has 0 heterocycles. The zero-order valence-corrected chi connectivity index (χ0v) is 13.0. The fourth-order valence-electron chi connectivity index (χ4n) is 2.13. The third-order valence-corrected chi connectivity index (χ3v) is 4.28. The van der Waals surface area contributed by atoms with Gasteiger partial charge in [0.25, 0.3) is 0 Å². The van der Waals surface area contributed by atoms with Crippen LogP contribution in [0.5, 0.6) is 0 Å². The normalized spacial score (nSPS) is 10.7. The predicted octanol–water partition coefficient (Wildman–Crippen LogP) is 4.52. The van der Waals surface area contributed by atoms with Crippen molar-refractivity contribution in [3.05, 3.63) is 65.7 Å². The third kappa shape index (κ3) is 5.40. The highest BCUT2D eigenvalue weighted by Crippen LogP contribution is 2.20. The maximum atomic E-state index is 3.37. The average Bonchev–Trinajstić information content (AvgIpc) is 2.51. The highest BCUT2D eigenvalue weighted by Gasteiger charge is 1.98. The smallest absolute Gasteiger partial charge is 0.0205 e. The molecule has 0 atom stereocenters. The summed E-state index contributed by atoms with van der Waals surface area (Å²) in [6.07, 6.45) is 2.40. The standard InChI is InChI=1S/C18H23NS/c1-2-19-15-17-10-6-12-18(14-17)20-13-7-11-16-8-4-3-5-9-16/h3-6,8-10,12,14,19H,2,7,11,13,15H2,1H3. The molecule has 1 nitrogen and oxygen atoms in total. The quantitative estimate of drug-likeness (QED) is 0.565. The van der Waals surface area contributed by atoms with Gasteiger partial charge in [-0.05, 0) is 48.4 Å². The van der Waals surface area contributed by atoms with Crippen LogP contribution < -0.4 is 5.32 Å². The Hall–Kier alpha value is -1.25. The van der Waals surface area contributed by atoms with Crippen molar-refractivity contribution in [2.45, 2.75) is 31.2 Å². The van der Waals surface area contributed by atoms with Gasteiger partial charge in [-0.3, -0.25) is 0 Å². The fourth-order valence-corrected chi connectivity index (χ4v) is 3.06. The van der Waals surface area contributed by atoms with Crippen LogP contribution in [0.15, 0.2) is 59.5 Å². The zero-order valence-electron chi connectivity index (χ0n) is 12.1. The molecule has 0 fully saturated rings. The van der Waals surface area contributed by atoms with Crippen molar-refractivity contribution in [1.29, 1.82) is 0 Å². The Labute approximate surface area is 126 Å². The van der Waals surface area contributed by atoms with E-state index in [9.17, 15) is 0 Å². The molecular weight excluding hydrogens is 262 g/mol. The van der Waals surface area contributed by atoms with Crippen LogP contribution in [0.1, 0.15) is 24.5 Å². The van der Waals surface area contributed by atoms with Crippen LogP contribution in [0.25, 0.3) is 0 Å². The SMILES string of the molecule is CCNCc1cccc(SCCCc2ccccc2)c1. The van der Waals surface area contributed by atoms with E-state index >= 15 is 0 Å².